The van der Waals surface area contributed by atoms with Crippen molar-refractivity contribution in [1.29, 1.82) is 0 Å². The molecule has 0 amide bonds. The average molecular weight is 336 g/mol. The second kappa shape index (κ2) is 6.28. The Morgan fingerprint density at radius 1 is 1.04 bits per heavy atom. The summed E-state index contributed by atoms with van der Waals surface area (Å²) >= 11 is 0. The van der Waals surface area contributed by atoms with Crippen LogP contribution in [0.2, 0.25) is 0 Å². The minimum atomic E-state index is 0.0536. The third kappa shape index (κ3) is 3.25. The molecule has 0 aliphatic carbocycles. The van der Waals surface area contributed by atoms with Crippen molar-refractivity contribution in [3.05, 3.63) is 53.6 Å². The van der Waals surface area contributed by atoms with Crippen molar-refractivity contribution in [1.82, 2.24) is 5.16 Å². The van der Waals surface area contributed by atoms with Crippen LogP contribution in [-0.2, 0) is 5.41 Å². The molecule has 0 unspecified atom stereocenters. The van der Waals surface area contributed by atoms with Gasteiger partial charge in [-0.05, 0) is 47.2 Å². The molecule has 3 aromatic rings. The second-order valence-electron chi connectivity index (χ2n) is 7.28. The highest BCUT2D eigenvalue weighted by atomic mass is 16.5. The lowest BCUT2D eigenvalue weighted by Crippen LogP contribution is -2.11. The largest absolute Gasteiger partial charge is 0.497 e. The lowest BCUT2D eigenvalue weighted by molar-refractivity contribution is 0.415. The molecule has 0 saturated heterocycles. The molecule has 25 heavy (non-hydrogen) atoms. The van der Waals surface area contributed by atoms with E-state index in [1.165, 1.54) is 5.56 Å². The Morgan fingerprint density at radius 2 is 1.72 bits per heavy atom. The quantitative estimate of drug-likeness (QED) is 0.713. The molecule has 0 aliphatic heterocycles. The zero-order valence-electron chi connectivity index (χ0n) is 15.4. The number of anilines is 1. The van der Waals surface area contributed by atoms with Gasteiger partial charge in [0, 0.05) is 5.56 Å². The van der Waals surface area contributed by atoms with Gasteiger partial charge in [0.05, 0.1) is 12.7 Å². The zero-order valence-corrected chi connectivity index (χ0v) is 15.4. The Bertz CT molecular complexity index is 887. The number of nitrogens with two attached hydrogens (primary N) is 1. The summed E-state index contributed by atoms with van der Waals surface area (Å²) < 4.78 is 10.6. The van der Waals surface area contributed by atoms with Crippen molar-refractivity contribution in [3.8, 4) is 28.1 Å². The molecule has 4 nitrogen and oxygen atoms in total. The maximum Gasteiger partial charge on any atom is 0.230 e. The molecule has 130 valence electrons. The molecule has 2 N–H and O–H groups in total. The summed E-state index contributed by atoms with van der Waals surface area (Å²) in [6, 6.07) is 14.2. The van der Waals surface area contributed by atoms with Crippen LogP contribution in [-0.4, -0.2) is 12.3 Å². The normalized spacial score (nSPS) is 11.6. The van der Waals surface area contributed by atoms with Crippen molar-refractivity contribution in [3.63, 3.8) is 0 Å². The Hall–Kier alpha value is -2.75. The van der Waals surface area contributed by atoms with Crippen LogP contribution in [0.4, 0.5) is 5.88 Å². The fourth-order valence-electron chi connectivity index (χ4n) is 2.87. The van der Waals surface area contributed by atoms with Crippen LogP contribution in [0.3, 0.4) is 0 Å². The number of rotatable bonds is 3. The van der Waals surface area contributed by atoms with Crippen molar-refractivity contribution in [2.45, 2.75) is 33.1 Å². The van der Waals surface area contributed by atoms with Gasteiger partial charge in [-0.15, -0.1) is 0 Å². The van der Waals surface area contributed by atoms with Crippen molar-refractivity contribution < 1.29 is 9.26 Å². The van der Waals surface area contributed by atoms with E-state index < -0.39 is 0 Å². The lowest BCUT2D eigenvalue weighted by atomic mass is 9.84. The van der Waals surface area contributed by atoms with Gasteiger partial charge in [-0.2, -0.15) is 0 Å². The molecule has 4 heteroatoms. The van der Waals surface area contributed by atoms with E-state index in [0.29, 0.717) is 5.88 Å². The first-order valence-electron chi connectivity index (χ1n) is 8.32. The van der Waals surface area contributed by atoms with Crippen LogP contribution < -0.4 is 10.5 Å². The number of hydrogen-bond donors (Lipinski definition) is 1. The van der Waals surface area contributed by atoms with Crippen LogP contribution in [0.15, 0.2) is 47.0 Å². The highest BCUT2D eigenvalue weighted by Crippen LogP contribution is 2.39. The van der Waals surface area contributed by atoms with Gasteiger partial charge in [-0.25, -0.2) is 0 Å². The van der Waals surface area contributed by atoms with Crippen LogP contribution in [0.25, 0.3) is 22.4 Å². The molecule has 1 heterocycles. The maximum atomic E-state index is 6.09. The third-order valence-electron chi connectivity index (χ3n) is 4.46. The number of hydrogen-bond acceptors (Lipinski definition) is 4. The first-order chi connectivity index (χ1) is 11.8. The molecule has 0 saturated carbocycles. The highest BCUT2D eigenvalue weighted by Gasteiger charge is 2.21. The number of ether oxygens (including phenoxy) is 1. The van der Waals surface area contributed by atoms with Gasteiger partial charge in [-0.1, -0.05) is 50.2 Å². The third-order valence-corrected chi connectivity index (χ3v) is 4.46. The van der Waals surface area contributed by atoms with Gasteiger partial charge in [0.15, 0.2) is 0 Å². The van der Waals surface area contributed by atoms with Crippen molar-refractivity contribution in [2.75, 3.05) is 12.8 Å². The highest BCUT2D eigenvalue weighted by molar-refractivity contribution is 5.88. The Labute approximate surface area is 148 Å². The van der Waals surface area contributed by atoms with Crippen LogP contribution in [0.1, 0.15) is 31.9 Å². The second-order valence-corrected chi connectivity index (χ2v) is 7.28. The predicted octanol–water partition coefficient (Wildman–Crippen LogP) is 5.21. The summed E-state index contributed by atoms with van der Waals surface area (Å²) in [5.74, 6) is 1.12. The van der Waals surface area contributed by atoms with E-state index in [4.69, 9.17) is 15.0 Å². The Balaban J connectivity index is 2.16. The zero-order chi connectivity index (χ0) is 18.2. The van der Waals surface area contributed by atoms with Crippen LogP contribution in [0, 0.1) is 6.92 Å². The van der Waals surface area contributed by atoms with Crippen LogP contribution >= 0.6 is 0 Å². The fraction of sp³-hybridized carbons (Fsp3) is 0.286. The number of nitrogens with zero attached hydrogens (tertiary/aromatic N) is 1. The number of methoxy groups -OCH3 is 1. The topological polar surface area (TPSA) is 61.3 Å². The van der Waals surface area contributed by atoms with Gasteiger partial charge >= 0.3 is 0 Å². The fourth-order valence-corrected chi connectivity index (χ4v) is 2.87. The average Bonchev–Trinajstić information content (AvgIpc) is 2.95. The molecule has 0 radical (unpaired) electrons. The predicted molar refractivity (Wildman–Crippen MR) is 102 cm³/mol. The summed E-state index contributed by atoms with van der Waals surface area (Å²) in [4.78, 5) is 0. The molecule has 0 bridgehead atoms. The molecule has 3 rings (SSSR count). The molecular weight excluding hydrogens is 312 g/mol. The molecule has 0 aliphatic rings. The molecule has 0 fully saturated rings. The molecule has 0 atom stereocenters. The molecule has 2 aromatic carbocycles. The van der Waals surface area contributed by atoms with Gasteiger partial charge in [-0.3, -0.25) is 0 Å². The smallest absolute Gasteiger partial charge is 0.230 e. The first-order valence-corrected chi connectivity index (χ1v) is 8.32. The summed E-state index contributed by atoms with van der Waals surface area (Å²) in [5.41, 5.74) is 12.1. The minimum absolute atomic E-state index is 0.0536. The van der Waals surface area contributed by atoms with E-state index >= 15 is 0 Å². The summed E-state index contributed by atoms with van der Waals surface area (Å²) in [5, 5.41) is 4.26. The first kappa shape index (κ1) is 17.1. The number of aromatic nitrogens is 1. The Morgan fingerprint density at radius 3 is 2.32 bits per heavy atom. The van der Waals surface area contributed by atoms with E-state index in [9.17, 15) is 0 Å². The summed E-state index contributed by atoms with van der Waals surface area (Å²) in [7, 11) is 1.65. The SMILES string of the molecule is COc1ccc(-c2c(-c3cc(C(C)(C)C)ccc3C)noc2N)cc1. The lowest BCUT2D eigenvalue weighted by Gasteiger charge is -2.20. The van der Waals surface area contributed by atoms with E-state index in [1.807, 2.05) is 24.3 Å². The van der Waals surface area contributed by atoms with E-state index in [-0.39, 0.29) is 5.41 Å². The monoisotopic (exact) mass is 336 g/mol. The van der Waals surface area contributed by atoms with Gasteiger partial charge in [0.25, 0.3) is 0 Å². The number of benzene rings is 2. The summed E-state index contributed by atoms with van der Waals surface area (Å²) in [6.45, 7) is 8.67. The van der Waals surface area contributed by atoms with E-state index in [2.05, 4.69) is 51.1 Å². The van der Waals surface area contributed by atoms with Gasteiger partial charge < -0.3 is 15.0 Å². The van der Waals surface area contributed by atoms with Gasteiger partial charge in [0.1, 0.15) is 11.4 Å². The van der Waals surface area contributed by atoms with E-state index in [0.717, 1.165) is 33.7 Å². The standard InChI is InChI=1S/C21H24N2O2/c1-13-6-9-15(21(2,3)4)12-17(13)19-18(20(22)25-23-19)14-7-10-16(24-5)11-8-14/h6-12H,22H2,1-5H3. The van der Waals surface area contributed by atoms with Crippen molar-refractivity contribution >= 4 is 5.88 Å². The minimum Gasteiger partial charge on any atom is -0.497 e. The van der Waals surface area contributed by atoms with Crippen molar-refractivity contribution in [2.24, 2.45) is 0 Å². The van der Waals surface area contributed by atoms with E-state index in [1.54, 1.807) is 7.11 Å². The molecule has 1 aromatic heterocycles. The molecular formula is C21H24N2O2. The summed E-state index contributed by atoms with van der Waals surface area (Å²) in [6.07, 6.45) is 0. The van der Waals surface area contributed by atoms with Gasteiger partial charge in [0.2, 0.25) is 5.88 Å². The van der Waals surface area contributed by atoms with Crippen LogP contribution in [0.5, 0.6) is 5.75 Å². The molecule has 0 spiro atoms. The Kier molecular flexibility index (Phi) is 4.29. The number of nitrogen functional groups attached to an aromatic ring is 1. The maximum absolute atomic E-state index is 6.09. The number of aryl methyl sites for hydroxylation is 1.